The van der Waals surface area contributed by atoms with Gasteiger partial charge in [-0.2, -0.15) is 0 Å². The third-order valence-corrected chi connectivity index (χ3v) is 5.87. The van der Waals surface area contributed by atoms with Crippen LogP contribution >= 0.6 is 11.8 Å². The van der Waals surface area contributed by atoms with Gasteiger partial charge in [-0.3, -0.25) is 4.79 Å². The summed E-state index contributed by atoms with van der Waals surface area (Å²) in [6, 6.07) is 23.9. The summed E-state index contributed by atoms with van der Waals surface area (Å²) in [6.07, 6.45) is 0. The summed E-state index contributed by atoms with van der Waals surface area (Å²) in [7, 11) is 0. The van der Waals surface area contributed by atoms with Gasteiger partial charge in [-0.15, -0.1) is 10.2 Å². The predicted molar refractivity (Wildman–Crippen MR) is 131 cm³/mol. The highest BCUT2D eigenvalue weighted by Gasteiger charge is 2.15. The lowest BCUT2D eigenvalue weighted by atomic mass is 10.0. The van der Waals surface area contributed by atoms with Gasteiger partial charge < -0.3 is 5.32 Å². The van der Waals surface area contributed by atoms with E-state index in [1.54, 1.807) is 0 Å². The van der Waals surface area contributed by atoms with Crippen molar-refractivity contribution in [2.45, 2.75) is 25.9 Å². The highest BCUT2D eigenvalue weighted by Crippen LogP contribution is 2.30. The molecule has 0 saturated carbocycles. The number of hydrogen-bond acceptors (Lipinski definition) is 5. The van der Waals surface area contributed by atoms with Crippen LogP contribution in [0.15, 0.2) is 78.0 Å². The maximum atomic E-state index is 12.6. The molecule has 0 unspecified atom stereocenters. The van der Waals surface area contributed by atoms with Gasteiger partial charge in [0.05, 0.1) is 5.75 Å². The first-order valence-corrected chi connectivity index (χ1v) is 11.4. The maximum Gasteiger partial charge on any atom is 0.234 e. The van der Waals surface area contributed by atoms with E-state index in [0.29, 0.717) is 5.16 Å². The molecule has 0 atom stereocenters. The Morgan fingerprint density at radius 1 is 0.812 bits per heavy atom. The molecule has 1 N–H and O–H groups in total. The van der Waals surface area contributed by atoms with Gasteiger partial charge in [0.15, 0.2) is 0 Å². The van der Waals surface area contributed by atoms with Crippen LogP contribution in [0.5, 0.6) is 0 Å². The molecule has 4 aromatic rings. The highest BCUT2D eigenvalue weighted by atomic mass is 32.2. The zero-order valence-corrected chi connectivity index (χ0v) is 19.1. The second kappa shape index (κ2) is 9.75. The molecule has 0 aliphatic rings. The molecular formula is C26H24N4OS. The molecular weight excluding hydrogens is 416 g/mol. The lowest BCUT2D eigenvalue weighted by molar-refractivity contribution is -0.113. The highest BCUT2D eigenvalue weighted by molar-refractivity contribution is 7.99. The number of amides is 1. The van der Waals surface area contributed by atoms with Crippen LogP contribution in [-0.2, 0) is 4.79 Å². The lowest BCUT2D eigenvalue weighted by Gasteiger charge is -2.13. The summed E-state index contributed by atoms with van der Waals surface area (Å²) in [4.78, 5) is 17.4. The molecule has 0 aliphatic carbocycles. The summed E-state index contributed by atoms with van der Waals surface area (Å²) >= 11 is 1.28. The minimum atomic E-state index is -0.0953. The molecule has 6 heteroatoms. The molecule has 4 rings (SSSR count). The normalized spacial score (nSPS) is 10.7. The van der Waals surface area contributed by atoms with Crippen molar-refractivity contribution < 1.29 is 4.79 Å². The van der Waals surface area contributed by atoms with Gasteiger partial charge in [-0.25, -0.2) is 4.98 Å². The van der Waals surface area contributed by atoms with Crippen LogP contribution in [0, 0.1) is 20.8 Å². The van der Waals surface area contributed by atoms with Crippen LogP contribution in [0.1, 0.15) is 16.7 Å². The van der Waals surface area contributed by atoms with E-state index in [2.05, 4.69) is 34.6 Å². The third kappa shape index (κ3) is 5.03. The van der Waals surface area contributed by atoms with Gasteiger partial charge in [0.25, 0.3) is 0 Å². The van der Waals surface area contributed by atoms with Crippen molar-refractivity contribution in [3.8, 4) is 22.5 Å². The molecule has 0 aliphatic heterocycles. The van der Waals surface area contributed by atoms with Gasteiger partial charge in [0.2, 0.25) is 11.1 Å². The fourth-order valence-corrected chi connectivity index (χ4v) is 4.23. The first-order chi connectivity index (χ1) is 15.5. The van der Waals surface area contributed by atoms with E-state index >= 15 is 0 Å². The number of hydrogen-bond donors (Lipinski definition) is 1. The minimum Gasteiger partial charge on any atom is -0.325 e. The van der Waals surface area contributed by atoms with E-state index in [9.17, 15) is 4.79 Å². The number of anilines is 1. The second-order valence-corrected chi connectivity index (χ2v) is 8.58. The maximum absolute atomic E-state index is 12.6. The Bertz CT molecular complexity index is 1220. The van der Waals surface area contributed by atoms with Crippen LogP contribution in [-0.4, -0.2) is 26.8 Å². The average Bonchev–Trinajstić information content (AvgIpc) is 2.81. The van der Waals surface area contributed by atoms with Gasteiger partial charge in [0, 0.05) is 16.8 Å². The molecule has 1 heterocycles. The van der Waals surface area contributed by atoms with Crippen LogP contribution in [0.4, 0.5) is 5.69 Å². The fourth-order valence-electron chi connectivity index (χ4n) is 3.64. The van der Waals surface area contributed by atoms with Crippen molar-refractivity contribution in [3.63, 3.8) is 0 Å². The monoisotopic (exact) mass is 440 g/mol. The Hall–Kier alpha value is -3.51. The molecule has 0 saturated heterocycles. The van der Waals surface area contributed by atoms with E-state index in [-0.39, 0.29) is 11.7 Å². The first kappa shape index (κ1) is 21.7. The number of nitrogens with one attached hydrogen (secondary N) is 1. The summed E-state index contributed by atoms with van der Waals surface area (Å²) in [5.41, 5.74) is 7.53. The molecule has 0 spiro atoms. The van der Waals surface area contributed by atoms with Crippen LogP contribution in [0.3, 0.4) is 0 Å². The van der Waals surface area contributed by atoms with Gasteiger partial charge in [0.1, 0.15) is 11.4 Å². The van der Waals surface area contributed by atoms with E-state index in [1.807, 2.05) is 74.5 Å². The Kier molecular flexibility index (Phi) is 6.61. The second-order valence-electron chi connectivity index (χ2n) is 7.63. The quantitative estimate of drug-likeness (QED) is 0.380. The summed E-state index contributed by atoms with van der Waals surface area (Å²) in [5.74, 6) is 0.106. The molecule has 1 amide bonds. The zero-order chi connectivity index (χ0) is 22.5. The smallest absolute Gasteiger partial charge is 0.234 e. The van der Waals surface area contributed by atoms with Gasteiger partial charge in [-0.05, 0) is 31.9 Å². The molecule has 160 valence electrons. The summed E-state index contributed by atoms with van der Waals surface area (Å²) in [6.45, 7) is 6.06. The number of benzene rings is 3. The van der Waals surface area contributed by atoms with E-state index in [4.69, 9.17) is 4.98 Å². The van der Waals surface area contributed by atoms with Crippen molar-refractivity contribution in [2.24, 2.45) is 0 Å². The van der Waals surface area contributed by atoms with Crippen molar-refractivity contribution >= 4 is 23.4 Å². The number of thioether (sulfide) groups is 1. The summed E-state index contributed by atoms with van der Waals surface area (Å²) in [5, 5.41) is 12.2. The predicted octanol–water partition coefficient (Wildman–Crippen LogP) is 5.86. The molecule has 0 fully saturated rings. The van der Waals surface area contributed by atoms with Crippen molar-refractivity contribution in [1.82, 2.24) is 15.2 Å². The minimum absolute atomic E-state index is 0.0953. The largest absolute Gasteiger partial charge is 0.325 e. The zero-order valence-electron chi connectivity index (χ0n) is 18.3. The topological polar surface area (TPSA) is 67.8 Å². The molecule has 0 bridgehead atoms. The van der Waals surface area contributed by atoms with Gasteiger partial charge >= 0.3 is 0 Å². The van der Waals surface area contributed by atoms with E-state index in [0.717, 1.165) is 39.3 Å². The number of aromatic nitrogens is 3. The van der Waals surface area contributed by atoms with Gasteiger partial charge in [-0.1, -0.05) is 90.1 Å². The Morgan fingerprint density at radius 2 is 1.38 bits per heavy atom. The van der Waals surface area contributed by atoms with E-state index < -0.39 is 0 Å². The molecule has 3 aromatic carbocycles. The molecule has 5 nitrogen and oxygen atoms in total. The fraction of sp³-hybridized carbons (Fsp3) is 0.154. The Balaban J connectivity index is 1.55. The first-order valence-electron chi connectivity index (χ1n) is 10.4. The Labute approximate surface area is 192 Å². The number of nitrogens with zero attached hydrogens (tertiary/aromatic N) is 3. The van der Waals surface area contributed by atoms with Crippen LogP contribution in [0.25, 0.3) is 22.5 Å². The van der Waals surface area contributed by atoms with Crippen molar-refractivity contribution in [1.29, 1.82) is 0 Å². The lowest BCUT2D eigenvalue weighted by Crippen LogP contribution is -2.16. The molecule has 0 radical (unpaired) electrons. The van der Waals surface area contributed by atoms with Crippen molar-refractivity contribution in [3.05, 3.63) is 89.5 Å². The number of rotatable bonds is 6. The van der Waals surface area contributed by atoms with Crippen molar-refractivity contribution in [2.75, 3.05) is 11.1 Å². The molecule has 32 heavy (non-hydrogen) atoms. The summed E-state index contributed by atoms with van der Waals surface area (Å²) < 4.78 is 0. The average molecular weight is 441 g/mol. The van der Waals surface area contributed by atoms with Crippen LogP contribution < -0.4 is 5.32 Å². The number of carbonyl (C=O) groups is 1. The van der Waals surface area contributed by atoms with E-state index in [1.165, 1.54) is 17.3 Å². The third-order valence-electron chi connectivity index (χ3n) is 5.04. The number of aryl methyl sites for hydroxylation is 3. The SMILES string of the molecule is Cc1cc(C)c(NC(=O)CSc2nnc(-c3ccccc3)c(-c3ccccc3)n2)c(C)c1. The number of carbonyl (C=O) groups excluding carboxylic acids is 1. The molecule has 1 aromatic heterocycles. The Morgan fingerprint density at radius 3 is 1.97 bits per heavy atom. The standard InChI is InChI=1S/C26H24N4OS/c1-17-14-18(2)23(19(3)15-17)27-22(31)16-32-26-28-24(20-10-6-4-7-11-20)25(29-30-26)21-12-8-5-9-13-21/h4-15H,16H2,1-3H3,(H,27,31). The van der Waals surface area contributed by atoms with Crippen LogP contribution in [0.2, 0.25) is 0 Å².